The molecule has 0 aliphatic rings. The lowest BCUT2D eigenvalue weighted by Crippen LogP contribution is -1.84. The maximum absolute atomic E-state index is 11.0. The first-order valence-corrected chi connectivity index (χ1v) is 6.34. The van der Waals surface area contributed by atoms with E-state index in [4.69, 9.17) is 19.8 Å². The van der Waals surface area contributed by atoms with Crippen molar-refractivity contribution in [3.63, 3.8) is 0 Å². The highest BCUT2D eigenvalue weighted by molar-refractivity contribution is 8.13. The molecule has 4 nitrogen and oxygen atoms in total. The molecule has 0 saturated carbocycles. The van der Waals surface area contributed by atoms with Gasteiger partial charge in [0.1, 0.15) is 11.3 Å². The van der Waals surface area contributed by atoms with Crippen LogP contribution in [-0.4, -0.2) is 15.5 Å². The molecule has 0 N–H and O–H groups in total. The minimum Gasteiger partial charge on any atom is -0.497 e. The van der Waals surface area contributed by atoms with Crippen LogP contribution in [0.3, 0.4) is 0 Å². The molecule has 0 spiro atoms. The molecule has 1 heterocycles. The average Bonchev–Trinajstić information content (AvgIpc) is 2.59. The summed E-state index contributed by atoms with van der Waals surface area (Å²) in [6.45, 7) is 0. The van der Waals surface area contributed by atoms with Gasteiger partial charge >= 0.3 is 0 Å². The van der Waals surface area contributed by atoms with Crippen molar-refractivity contribution in [3.05, 3.63) is 24.3 Å². The lowest BCUT2D eigenvalue weighted by molar-refractivity contribution is 0.415. The van der Waals surface area contributed by atoms with E-state index in [1.165, 1.54) is 13.2 Å². The number of rotatable bonds is 2. The van der Waals surface area contributed by atoms with Gasteiger partial charge in [0.2, 0.25) is 5.09 Å². The summed E-state index contributed by atoms with van der Waals surface area (Å²) in [5, 5.41) is 0.376. The first-order valence-electron chi connectivity index (χ1n) is 4.03. The predicted molar refractivity (Wildman–Crippen MR) is 55.8 cm³/mol. The monoisotopic (exact) mass is 246 g/mol. The minimum atomic E-state index is -3.82. The lowest BCUT2D eigenvalue weighted by Gasteiger charge is -1.96. The van der Waals surface area contributed by atoms with Crippen LogP contribution in [0.2, 0.25) is 0 Å². The standard InChI is InChI=1S/C9H7ClO4S/c1-13-7-2-3-8-6(4-7)5-9(14-8)15(10,11)12/h2-5H,1H3. The predicted octanol–water partition coefficient (Wildman–Crippen LogP) is 2.37. The van der Waals surface area contributed by atoms with Crippen LogP contribution >= 0.6 is 10.7 Å². The number of ether oxygens (including phenoxy) is 1. The van der Waals surface area contributed by atoms with Gasteiger partial charge in [0.25, 0.3) is 9.05 Å². The zero-order chi connectivity index (χ0) is 11.1. The maximum Gasteiger partial charge on any atom is 0.294 e. The van der Waals surface area contributed by atoms with Gasteiger partial charge in [0.15, 0.2) is 0 Å². The first kappa shape index (κ1) is 10.3. The third-order valence-electron chi connectivity index (χ3n) is 1.94. The van der Waals surface area contributed by atoms with E-state index < -0.39 is 9.05 Å². The smallest absolute Gasteiger partial charge is 0.294 e. The molecule has 2 rings (SSSR count). The highest BCUT2D eigenvalue weighted by Gasteiger charge is 2.16. The van der Waals surface area contributed by atoms with Crippen molar-refractivity contribution in [3.8, 4) is 5.75 Å². The van der Waals surface area contributed by atoms with E-state index >= 15 is 0 Å². The molecule has 0 radical (unpaired) electrons. The Morgan fingerprint density at radius 2 is 2.07 bits per heavy atom. The van der Waals surface area contributed by atoms with Crippen molar-refractivity contribution < 1.29 is 17.6 Å². The van der Waals surface area contributed by atoms with Crippen LogP contribution in [-0.2, 0) is 9.05 Å². The number of fused-ring (bicyclic) bond motifs is 1. The van der Waals surface area contributed by atoms with Crippen LogP contribution in [0, 0.1) is 0 Å². The summed E-state index contributed by atoms with van der Waals surface area (Å²) < 4.78 is 32.0. The Hall–Kier alpha value is -1.20. The minimum absolute atomic E-state index is 0.257. The van der Waals surface area contributed by atoms with Crippen LogP contribution in [0.1, 0.15) is 0 Å². The largest absolute Gasteiger partial charge is 0.497 e. The molecule has 1 aromatic carbocycles. The molecular formula is C9H7ClO4S. The van der Waals surface area contributed by atoms with Crippen LogP contribution in [0.4, 0.5) is 0 Å². The molecule has 0 unspecified atom stereocenters. The second-order valence-corrected chi connectivity index (χ2v) is 5.40. The fraction of sp³-hybridized carbons (Fsp3) is 0.111. The number of methoxy groups -OCH3 is 1. The summed E-state index contributed by atoms with van der Waals surface area (Å²) in [6, 6.07) is 6.33. The molecular weight excluding hydrogens is 240 g/mol. The van der Waals surface area contributed by atoms with Gasteiger partial charge in [-0.25, -0.2) is 8.42 Å². The van der Waals surface area contributed by atoms with Crippen LogP contribution in [0.15, 0.2) is 33.8 Å². The van der Waals surface area contributed by atoms with Crippen molar-refractivity contribution in [2.75, 3.05) is 7.11 Å². The zero-order valence-electron chi connectivity index (χ0n) is 7.73. The van der Waals surface area contributed by atoms with Gasteiger partial charge in [-0.05, 0) is 18.2 Å². The number of furan rings is 1. The summed E-state index contributed by atoms with van der Waals surface area (Å²) in [6.07, 6.45) is 0. The van der Waals surface area contributed by atoms with E-state index in [-0.39, 0.29) is 5.09 Å². The Labute approximate surface area is 90.8 Å². The Morgan fingerprint density at radius 3 is 2.67 bits per heavy atom. The van der Waals surface area contributed by atoms with Crippen LogP contribution < -0.4 is 4.74 Å². The highest BCUT2D eigenvalue weighted by atomic mass is 35.7. The van der Waals surface area contributed by atoms with Gasteiger partial charge in [-0.2, -0.15) is 0 Å². The lowest BCUT2D eigenvalue weighted by atomic mass is 10.2. The molecule has 0 bridgehead atoms. The van der Waals surface area contributed by atoms with Crippen molar-refractivity contribution in [2.24, 2.45) is 0 Å². The second-order valence-electron chi connectivity index (χ2n) is 2.91. The average molecular weight is 247 g/mol. The van der Waals surface area contributed by atoms with Gasteiger partial charge in [0.05, 0.1) is 7.11 Å². The molecule has 0 atom stereocenters. The fourth-order valence-corrected chi connectivity index (χ4v) is 1.93. The second kappa shape index (κ2) is 3.43. The Kier molecular flexibility index (Phi) is 2.36. The zero-order valence-corrected chi connectivity index (χ0v) is 9.30. The van der Waals surface area contributed by atoms with E-state index in [1.54, 1.807) is 18.2 Å². The van der Waals surface area contributed by atoms with Gasteiger partial charge in [-0.15, -0.1) is 0 Å². The van der Waals surface area contributed by atoms with Gasteiger partial charge < -0.3 is 9.15 Å². The Balaban J connectivity index is 2.66. The summed E-state index contributed by atoms with van der Waals surface area (Å²) >= 11 is 0. The van der Waals surface area contributed by atoms with E-state index in [1.807, 2.05) is 0 Å². The fourth-order valence-electron chi connectivity index (χ4n) is 1.24. The van der Waals surface area contributed by atoms with E-state index in [0.717, 1.165) is 0 Å². The van der Waals surface area contributed by atoms with Crippen molar-refractivity contribution >= 4 is 30.7 Å². The number of hydrogen-bond donors (Lipinski definition) is 0. The molecule has 0 aliphatic carbocycles. The quantitative estimate of drug-likeness (QED) is 0.764. The van der Waals surface area contributed by atoms with Crippen molar-refractivity contribution in [1.82, 2.24) is 0 Å². The number of benzene rings is 1. The normalized spacial score (nSPS) is 11.9. The topological polar surface area (TPSA) is 56.5 Å². The third-order valence-corrected chi connectivity index (χ3v) is 3.08. The molecule has 2 aromatic rings. The molecule has 15 heavy (non-hydrogen) atoms. The number of halogens is 1. The molecule has 6 heteroatoms. The SMILES string of the molecule is COc1ccc2oc(S(=O)(=O)Cl)cc2c1. The van der Waals surface area contributed by atoms with Gasteiger partial charge in [-0.3, -0.25) is 0 Å². The summed E-state index contributed by atoms with van der Waals surface area (Å²) in [7, 11) is 2.86. The first-order chi connectivity index (χ1) is 7.00. The van der Waals surface area contributed by atoms with E-state index in [2.05, 4.69) is 0 Å². The molecule has 0 amide bonds. The molecule has 0 fully saturated rings. The Bertz CT molecular complexity index is 600. The van der Waals surface area contributed by atoms with E-state index in [9.17, 15) is 8.42 Å². The van der Waals surface area contributed by atoms with Crippen LogP contribution in [0.5, 0.6) is 5.75 Å². The van der Waals surface area contributed by atoms with Gasteiger partial charge in [0, 0.05) is 22.1 Å². The van der Waals surface area contributed by atoms with Crippen LogP contribution in [0.25, 0.3) is 11.0 Å². The molecule has 1 aromatic heterocycles. The van der Waals surface area contributed by atoms with E-state index in [0.29, 0.717) is 16.7 Å². The van der Waals surface area contributed by atoms with Gasteiger partial charge in [-0.1, -0.05) is 0 Å². The Morgan fingerprint density at radius 1 is 1.33 bits per heavy atom. The summed E-state index contributed by atoms with van der Waals surface area (Å²) in [5.41, 5.74) is 0.454. The third kappa shape index (κ3) is 1.93. The maximum atomic E-state index is 11.0. The highest BCUT2D eigenvalue weighted by Crippen LogP contribution is 2.27. The number of hydrogen-bond acceptors (Lipinski definition) is 4. The molecule has 0 saturated heterocycles. The molecule has 0 aliphatic heterocycles. The summed E-state index contributed by atoms with van der Waals surface area (Å²) in [5.74, 6) is 0.627. The molecule has 80 valence electrons. The summed E-state index contributed by atoms with van der Waals surface area (Å²) in [4.78, 5) is 0. The van der Waals surface area contributed by atoms with Crippen molar-refractivity contribution in [2.45, 2.75) is 5.09 Å². The van der Waals surface area contributed by atoms with Crippen molar-refractivity contribution in [1.29, 1.82) is 0 Å².